The maximum absolute atomic E-state index is 12.6. The van der Waals surface area contributed by atoms with E-state index in [9.17, 15) is 8.42 Å². The minimum absolute atomic E-state index is 0.0776. The molecule has 0 unspecified atom stereocenters. The average molecular weight is 503 g/mol. The van der Waals surface area contributed by atoms with Gasteiger partial charge in [0.2, 0.25) is 0 Å². The second-order valence-corrected chi connectivity index (χ2v) is 9.69. The topological polar surface area (TPSA) is 52.6 Å². The predicted octanol–water partition coefficient (Wildman–Crippen LogP) is 7.34. The third kappa shape index (κ3) is 6.06. The van der Waals surface area contributed by atoms with Crippen molar-refractivity contribution in [2.75, 3.05) is 6.61 Å². The fourth-order valence-electron chi connectivity index (χ4n) is 3.18. The van der Waals surface area contributed by atoms with Crippen LogP contribution >= 0.6 is 23.2 Å². The van der Waals surface area contributed by atoms with Crippen molar-refractivity contribution in [3.8, 4) is 16.9 Å². The molecule has 172 valence electrons. The molecule has 0 heterocycles. The lowest BCUT2D eigenvalue weighted by Gasteiger charge is -2.21. The van der Waals surface area contributed by atoms with Crippen LogP contribution in [0.1, 0.15) is 18.1 Å². The quantitative estimate of drug-likeness (QED) is 0.226. The minimum Gasteiger partial charge on any atom is -0.483 e. The SMILES string of the molecule is C=C[C@H](COS(=O)(=O)c1ccc(C)cc1)Oc1c(/C=C/C)cccc1-c1c(Cl)cccc1Cl. The van der Waals surface area contributed by atoms with E-state index in [-0.39, 0.29) is 11.5 Å². The standard InChI is InChI=1S/C26H24Cl2O4S/c1-4-8-19-9-6-10-22(25-23(27)11-7-12-24(25)28)26(19)32-20(5-2)17-31-33(29,30)21-15-13-18(3)14-16-21/h4-16,20H,2,17H2,1,3H3/b8-4+/t20-/m1/s1. The van der Waals surface area contributed by atoms with Crippen molar-refractivity contribution in [3.63, 3.8) is 0 Å². The molecule has 3 aromatic rings. The van der Waals surface area contributed by atoms with Crippen molar-refractivity contribution in [3.05, 3.63) is 101 Å². The molecule has 7 heteroatoms. The van der Waals surface area contributed by atoms with Crippen molar-refractivity contribution in [2.45, 2.75) is 24.8 Å². The van der Waals surface area contributed by atoms with Gasteiger partial charge in [-0.1, -0.05) is 83.9 Å². The smallest absolute Gasteiger partial charge is 0.297 e. The van der Waals surface area contributed by atoms with E-state index in [1.807, 2.05) is 44.2 Å². The molecule has 3 rings (SSSR count). The Balaban J connectivity index is 1.93. The van der Waals surface area contributed by atoms with Gasteiger partial charge < -0.3 is 4.74 Å². The second kappa shape index (κ2) is 11.0. The minimum atomic E-state index is -3.95. The fraction of sp³-hybridized carbons (Fsp3) is 0.154. The molecule has 3 aromatic carbocycles. The van der Waals surface area contributed by atoms with Crippen LogP contribution in [-0.4, -0.2) is 21.1 Å². The first kappa shape index (κ1) is 25.1. The predicted molar refractivity (Wildman–Crippen MR) is 136 cm³/mol. The highest BCUT2D eigenvalue weighted by atomic mass is 35.5. The van der Waals surface area contributed by atoms with Gasteiger partial charge in [-0.2, -0.15) is 8.42 Å². The number of benzene rings is 3. The summed E-state index contributed by atoms with van der Waals surface area (Å²) in [5, 5.41) is 0.941. The highest BCUT2D eigenvalue weighted by Gasteiger charge is 2.21. The fourth-order valence-corrected chi connectivity index (χ4v) is 4.70. The molecule has 0 saturated carbocycles. The molecule has 0 spiro atoms. The zero-order valence-electron chi connectivity index (χ0n) is 18.3. The van der Waals surface area contributed by atoms with Crippen molar-refractivity contribution in [1.29, 1.82) is 0 Å². The van der Waals surface area contributed by atoms with Crippen LogP contribution in [0, 0.1) is 6.92 Å². The summed E-state index contributed by atoms with van der Waals surface area (Å²) in [6.07, 6.45) is 4.50. The summed E-state index contributed by atoms with van der Waals surface area (Å²) in [4.78, 5) is 0.0776. The molecule has 0 aliphatic carbocycles. The Kier molecular flexibility index (Phi) is 8.38. The largest absolute Gasteiger partial charge is 0.483 e. The summed E-state index contributed by atoms with van der Waals surface area (Å²) < 4.78 is 36.7. The molecule has 0 saturated heterocycles. The summed E-state index contributed by atoms with van der Waals surface area (Å²) in [6.45, 7) is 7.30. The van der Waals surface area contributed by atoms with Crippen molar-refractivity contribution >= 4 is 39.4 Å². The van der Waals surface area contributed by atoms with Gasteiger partial charge in [-0.05, 0) is 44.2 Å². The number of rotatable bonds is 9. The third-order valence-corrected chi connectivity index (χ3v) is 6.78. The van der Waals surface area contributed by atoms with E-state index < -0.39 is 16.2 Å². The zero-order valence-corrected chi connectivity index (χ0v) is 20.6. The third-order valence-electron chi connectivity index (χ3n) is 4.85. The van der Waals surface area contributed by atoms with Crippen LogP contribution in [0.15, 0.2) is 84.3 Å². The summed E-state index contributed by atoms with van der Waals surface area (Å²) in [5.74, 6) is 0.492. The Labute approximate surface area is 205 Å². The molecule has 0 radical (unpaired) electrons. The van der Waals surface area contributed by atoms with Crippen molar-refractivity contribution in [1.82, 2.24) is 0 Å². The van der Waals surface area contributed by atoms with Crippen LogP contribution in [0.3, 0.4) is 0 Å². The van der Waals surface area contributed by atoms with E-state index in [0.29, 0.717) is 26.9 Å². The van der Waals surface area contributed by atoms with Crippen LogP contribution < -0.4 is 4.74 Å². The van der Waals surface area contributed by atoms with E-state index in [2.05, 4.69) is 6.58 Å². The second-order valence-electron chi connectivity index (χ2n) is 7.26. The Morgan fingerprint density at radius 3 is 2.24 bits per heavy atom. The van der Waals surface area contributed by atoms with Gasteiger partial charge in [0, 0.05) is 16.7 Å². The molecular weight excluding hydrogens is 479 g/mol. The molecule has 0 aromatic heterocycles. The van der Waals surface area contributed by atoms with E-state index in [0.717, 1.165) is 11.1 Å². The van der Waals surface area contributed by atoms with Crippen LogP contribution in [0.5, 0.6) is 5.75 Å². The van der Waals surface area contributed by atoms with Gasteiger partial charge >= 0.3 is 0 Å². The zero-order chi connectivity index (χ0) is 24.0. The maximum Gasteiger partial charge on any atom is 0.297 e. The van der Waals surface area contributed by atoms with Gasteiger partial charge in [0.1, 0.15) is 18.5 Å². The Morgan fingerprint density at radius 1 is 1.00 bits per heavy atom. The molecule has 0 bridgehead atoms. The van der Waals surface area contributed by atoms with E-state index in [4.69, 9.17) is 32.1 Å². The number of allylic oxidation sites excluding steroid dienone is 1. The van der Waals surface area contributed by atoms with Crippen LogP contribution in [0.25, 0.3) is 17.2 Å². The Morgan fingerprint density at radius 2 is 1.64 bits per heavy atom. The molecule has 0 amide bonds. The van der Waals surface area contributed by atoms with Crippen molar-refractivity contribution < 1.29 is 17.3 Å². The highest BCUT2D eigenvalue weighted by Crippen LogP contribution is 2.42. The summed E-state index contributed by atoms with van der Waals surface area (Å²) in [7, 11) is -3.95. The number of halogens is 2. The van der Waals surface area contributed by atoms with Gasteiger partial charge in [-0.15, -0.1) is 0 Å². The van der Waals surface area contributed by atoms with E-state index in [1.165, 1.54) is 18.2 Å². The summed E-state index contributed by atoms with van der Waals surface area (Å²) in [6, 6.07) is 17.3. The monoisotopic (exact) mass is 502 g/mol. The number of ether oxygens (including phenoxy) is 1. The van der Waals surface area contributed by atoms with Crippen LogP contribution in [-0.2, 0) is 14.3 Å². The first-order valence-electron chi connectivity index (χ1n) is 10.2. The lowest BCUT2D eigenvalue weighted by Crippen LogP contribution is -2.23. The number of para-hydroxylation sites is 1. The number of aryl methyl sites for hydroxylation is 1. The molecule has 0 fully saturated rings. The van der Waals surface area contributed by atoms with Gasteiger partial charge in [-0.25, -0.2) is 0 Å². The van der Waals surface area contributed by atoms with Gasteiger partial charge in [0.15, 0.2) is 0 Å². The molecule has 33 heavy (non-hydrogen) atoms. The van der Waals surface area contributed by atoms with Gasteiger partial charge in [-0.3, -0.25) is 4.18 Å². The summed E-state index contributed by atoms with van der Waals surface area (Å²) >= 11 is 12.9. The van der Waals surface area contributed by atoms with Gasteiger partial charge in [0.25, 0.3) is 10.1 Å². The average Bonchev–Trinajstić information content (AvgIpc) is 2.78. The highest BCUT2D eigenvalue weighted by molar-refractivity contribution is 7.86. The first-order chi connectivity index (χ1) is 15.8. The maximum atomic E-state index is 12.6. The molecular formula is C26H24Cl2O4S. The normalized spacial score (nSPS) is 12.6. The van der Waals surface area contributed by atoms with Crippen LogP contribution in [0.2, 0.25) is 10.0 Å². The van der Waals surface area contributed by atoms with E-state index >= 15 is 0 Å². The molecule has 0 aliphatic heterocycles. The lowest BCUT2D eigenvalue weighted by molar-refractivity contribution is 0.168. The summed E-state index contributed by atoms with van der Waals surface area (Å²) in [5.41, 5.74) is 3.03. The van der Waals surface area contributed by atoms with Gasteiger partial charge in [0.05, 0.1) is 14.9 Å². The lowest BCUT2D eigenvalue weighted by atomic mass is 10.0. The molecule has 0 aliphatic rings. The Hall–Kier alpha value is -2.57. The molecule has 0 N–H and O–H groups in total. The van der Waals surface area contributed by atoms with Crippen LogP contribution in [0.4, 0.5) is 0 Å². The molecule has 1 atom stereocenters. The Bertz CT molecular complexity index is 1250. The number of hydrogen-bond acceptors (Lipinski definition) is 4. The number of hydrogen-bond donors (Lipinski definition) is 0. The molecule has 4 nitrogen and oxygen atoms in total. The first-order valence-corrected chi connectivity index (χ1v) is 12.4. The van der Waals surface area contributed by atoms with Crippen molar-refractivity contribution in [2.24, 2.45) is 0 Å². The van der Waals surface area contributed by atoms with E-state index in [1.54, 1.807) is 30.3 Å².